The van der Waals surface area contributed by atoms with Crippen LogP contribution in [0, 0.1) is 5.41 Å². The molecular formula is C14H20N2O. The molecule has 92 valence electrons. The summed E-state index contributed by atoms with van der Waals surface area (Å²) in [7, 11) is 2.16. The lowest BCUT2D eigenvalue weighted by Crippen LogP contribution is -2.31. The van der Waals surface area contributed by atoms with E-state index in [0.29, 0.717) is 5.41 Å². The number of fused-ring (bicyclic) bond motifs is 1. The summed E-state index contributed by atoms with van der Waals surface area (Å²) in [4.78, 5) is 2.33. The van der Waals surface area contributed by atoms with Crippen LogP contribution in [-0.2, 0) is 6.42 Å². The molecule has 2 aliphatic rings. The summed E-state index contributed by atoms with van der Waals surface area (Å²) < 4.78 is 5.53. The summed E-state index contributed by atoms with van der Waals surface area (Å²) in [5, 5.41) is 0. The van der Waals surface area contributed by atoms with Gasteiger partial charge in [0.05, 0.1) is 6.61 Å². The van der Waals surface area contributed by atoms with Crippen molar-refractivity contribution in [2.45, 2.75) is 19.3 Å². The van der Waals surface area contributed by atoms with E-state index in [0.717, 1.165) is 31.9 Å². The largest absolute Gasteiger partial charge is 0.493 e. The molecule has 0 atom stereocenters. The molecule has 0 aromatic heterocycles. The van der Waals surface area contributed by atoms with Crippen LogP contribution in [0.15, 0.2) is 18.2 Å². The van der Waals surface area contributed by atoms with E-state index >= 15 is 0 Å². The van der Waals surface area contributed by atoms with E-state index in [1.807, 2.05) is 0 Å². The van der Waals surface area contributed by atoms with Gasteiger partial charge in [0.1, 0.15) is 5.75 Å². The lowest BCUT2D eigenvalue weighted by atomic mass is 10.1. The fraction of sp³-hybridized carbons (Fsp3) is 0.571. The fourth-order valence-electron chi connectivity index (χ4n) is 2.61. The Balaban J connectivity index is 1.75. The van der Waals surface area contributed by atoms with Crippen LogP contribution in [0.4, 0.5) is 5.69 Å². The summed E-state index contributed by atoms with van der Waals surface area (Å²) in [5.74, 6) is 1.06. The normalized spacial score (nSPS) is 19.6. The average molecular weight is 232 g/mol. The van der Waals surface area contributed by atoms with Crippen molar-refractivity contribution in [3.05, 3.63) is 23.8 Å². The molecule has 0 radical (unpaired) electrons. The van der Waals surface area contributed by atoms with Crippen molar-refractivity contribution in [2.75, 3.05) is 31.6 Å². The van der Waals surface area contributed by atoms with Gasteiger partial charge in [-0.05, 0) is 43.1 Å². The van der Waals surface area contributed by atoms with Gasteiger partial charge in [-0.15, -0.1) is 0 Å². The van der Waals surface area contributed by atoms with Gasteiger partial charge in [-0.1, -0.05) is 0 Å². The minimum atomic E-state index is 0.393. The van der Waals surface area contributed by atoms with Crippen molar-refractivity contribution in [2.24, 2.45) is 11.1 Å². The minimum Gasteiger partial charge on any atom is -0.493 e. The van der Waals surface area contributed by atoms with E-state index in [1.165, 1.54) is 24.1 Å². The zero-order valence-electron chi connectivity index (χ0n) is 10.4. The van der Waals surface area contributed by atoms with Gasteiger partial charge in [0.15, 0.2) is 0 Å². The number of nitrogens with two attached hydrogens (primary N) is 1. The summed E-state index contributed by atoms with van der Waals surface area (Å²) in [6, 6.07) is 6.50. The molecule has 0 saturated heterocycles. The molecule has 1 aromatic carbocycles. The Morgan fingerprint density at radius 2 is 2.24 bits per heavy atom. The molecule has 1 aromatic rings. The summed E-state index contributed by atoms with van der Waals surface area (Å²) in [5.41, 5.74) is 8.86. The predicted molar refractivity (Wildman–Crippen MR) is 69.6 cm³/mol. The van der Waals surface area contributed by atoms with Gasteiger partial charge in [-0.25, -0.2) is 0 Å². The third-order valence-corrected chi connectivity index (χ3v) is 4.08. The van der Waals surface area contributed by atoms with Crippen LogP contribution in [0.5, 0.6) is 5.75 Å². The molecule has 1 aliphatic carbocycles. The van der Waals surface area contributed by atoms with Crippen LogP contribution < -0.4 is 15.4 Å². The van der Waals surface area contributed by atoms with Crippen molar-refractivity contribution >= 4 is 5.69 Å². The monoisotopic (exact) mass is 232 g/mol. The molecule has 2 N–H and O–H groups in total. The van der Waals surface area contributed by atoms with Gasteiger partial charge in [0, 0.05) is 31.1 Å². The molecule has 3 nitrogen and oxygen atoms in total. The van der Waals surface area contributed by atoms with Gasteiger partial charge < -0.3 is 15.4 Å². The molecule has 0 bridgehead atoms. The SMILES string of the molecule is CN(CC1(CN)CC1)c1ccc2c(c1)CCO2. The highest BCUT2D eigenvalue weighted by molar-refractivity contribution is 5.54. The van der Waals surface area contributed by atoms with E-state index in [2.05, 4.69) is 30.1 Å². The van der Waals surface area contributed by atoms with Gasteiger partial charge >= 0.3 is 0 Å². The quantitative estimate of drug-likeness (QED) is 0.860. The maximum absolute atomic E-state index is 5.84. The number of hydrogen-bond donors (Lipinski definition) is 1. The fourth-order valence-corrected chi connectivity index (χ4v) is 2.61. The lowest BCUT2D eigenvalue weighted by molar-refractivity contribution is 0.357. The minimum absolute atomic E-state index is 0.393. The first-order chi connectivity index (χ1) is 8.22. The van der Waals surface area contributed by atoms with Crippen LogP contribution in [0.25, 0.3) is 0 Å². The second-order valence-electron chi connectivity index (χ2n) is 5.45. The predicted octanol–water partition coefficient (Wildman–Crippen LogP) is 1.80. The van der Waals surface area contributed by atoms with E-state index in [-0.39, 0.29) is 0 Å². The van der Waals surface area contributed by atoms with Gasteiger partial charge in [-0.2, -0.15) is 0 Å². The van der Waals surface area contributed by atoms with E-state index < -0.39 is 0 Å². The zero-order valence-corrected chi connectivity index (χ0v) is 10.4. The summed E-state index contributed by atoms with van der Waals surface area (Å²) >= 11 is 0. The summed E-state index contributed by atoms with van der Waals surface area (Å²) in [6.45, 7) is 2.71. The molecular weight excluding hydrogens is 212 g/mol. The molecule has 0 unspecified atom stereocenters. The maximum Gasteiger partial charge on any atom is 0.122 e. The number of hydrogen-bond acceptors (Lipinski definition) is 3. The van der Waals surface area contributed by atoms with Crippen molar-refractivity contribution in [1.82, 2.24) is 0 Å². The first-order valence-corrected chi connectivity index (χ1v) is 6.39. The highest BCUT2D eigenvalue weighted by Crippen LogP contribution is 2.45. The zero-order chi connectivity index (χ0) is 11.9. The van der Waals surface area contributed by atoms with E-state index in [1.54, 1.807) is 0 Å². The standard InChI is InChI=1S/C14H20N2O/c1-16(10-14(9-15)5-6-14)12-2-3-13-11(8-12)4-7-17-13/h2-3,8H,4-7,9-10,15H2,1H3. The van der Waals surface area contributed by atoms with Crippen LogP contribution in [-0.4, -0.2) is 26.7 Å². The Kier molecular flexibility index (Phi) is 2.51. The number of anilines is 1. The Labute approximate surface area is 103 Å². The molecule has 0 amide bonds. The van der Waals surface area contributed by atoms with Crippen LogP contribution >= 0.6 is 0 Å². The Hall–Kier alpha value is -1.22. The Morgan fingerprint density at radius 1 is 1.41 bits per heavy atom. The van der Waals surface area contributed by atoms with Gasteiger partial charge in [0.2, 0.25) is 0 Å². The van der Waals surface area contributed by atoms with Gasteiger partial charge in [0.25, 0.3) is 0 Å². The molecule has 17 heavy (non-hydrogen) atoms. The topological polar surface area (TPSA) is 38.5 Å². The van der Waals surface area contributed by atoms with Crippen molar-refractivity contribution in [3.8, 4) is 5.75 Å². The van der Waals surface area contributed by atoms with Crippen LogP contribution in [0.1, 0.15) is 18.4 Å². The average Bonchev–Trinajstić information content (AvgIpc) is 2.96. The first-order valence-electron chi connectivity index (χ1n) is 6.39. The van der Waals surface area contributed by atoms with E-state index in [9.17, 15) is 0 Å². The third-order valence-electron chi connectivity index (χ3n) is 4.08. The highest BCUT2D eigenvalue weighted by atomic mass is 16.5. The number of benzene rings is 1. The number of nitrogens with zero attached hydrogens (tertiary/aromatic N) is 1. The molecule has 1 saturated carbocycles. The maximum atomic E-state index is 5.84. The number of ether oxygens (including phenoxy) is 1. The molecule has 3 rings (SSSR count). The second kappa shape index (κ2) is 3.91. The molecule has 1 aliphatic heterocycles. The molecule has 1 fully saturated rings. The second-order valence-corrected chi connectivity index (χ2v) is 5.45. The molecule has 1 heterocycles. The smallest absolute Gasteiger partial charge is 0.122 e. The Bertz CT molecular complexity index is 426. The van der Waals surface area contributed by atoms with Crippen molar-refractivity contribution < 1.29 is 4.74 Å². The van der Waals surface area contributed by atoms with Gasteiger partial charge in [-0.3, -0.25) is 0 Å². The van der Waals surface area contributed by atoms with Crippen LogP contribution in [0.3, 0.4) is 0 Å². The first kappa shape index (κ1) is 10.9. The number of rotatable bonds is 4. The highest BCUT2D eigenvalue weighted by Gasteiger charge is 2.42. The van der Waals surface area contributed by atoms with E-state index in [4.69, 9.17) is 10.5 Å². The summed E-state index contributed by atoms with van der Waals surface area (Å²) in [6.07, 6.45) is 3.60. The van der Waals surface area contributed by atoms with Crippen molar-refractivity contribution in [1.29, 1.82) is 0 Å². The molecule has 3 heteroatoms. The molecule has 0 spiro atoms. The van der Waals surface area contributed by atoms with Crippen molar-refractivity contribution in [3.63, 3.8) is 0 Å². The Morgan fingerprint density at radius 3 is 2.94 bits per heavy atom. The van der Waals surface area contributed by atoms with Crippen LogP contribution in [0.2, 0.25) is 0 Å². The third kappa shape index (κ3) is 2.00. The lowest BCUT2D eigenvalue weighted by Gasteiger charge is -2.25.